The monoisotopic (exact) mass is 565 g/mol. The maximum Gasteiger partial charge on any atom is 0.255 e. The molecule has 40 heavy (non-hydrogen) atoms. The van der Waals surface area contributed by atoms with Crippen LogP contribution in [0.2, 0.25) is 5.02 Å². The Morgan fingerprint density at radius 1 is 1.15 bits per heavy atom. The first-order chi connectivity index (χ1) is 19.4. The number of hydrogen-bond acceptors (Lipinski definition) is 7. The highest BCUT2D eigenvalue weighted by atomic mass is 35.5. The van der Waals surface area contributed by atoms with Crippen molar-refractivity contribution in [3.63, 3.8) is 0 Å². The molecule has 1 aromatic carbocycles. The summed E-state index contributed by atoms with van der Waals surface area (Å²) < 4.78 is 17.3. The third-order valence-electron chi connectivity index (χ3n) is 7.52. The number of benzene rings is 1. The van der Waals surface area contributed by atoms with Crippen molar-refractivity contribution in [3.05, 3.63) is 76.3 Å². The van der Waals surface area contributed by atoms with Crippen molar-refractivity contribution in [1.29, 1.82) is 0 Å². The number of aliphatic hydroxyl groups is 1. The molecule has 0 unspecified atom stereocenters. The summed E-state index contributed by atoms with van der Waals surface area (Å²) in [4.78, 5) is 34.3. The van der Waals surface area contributed by atoms with E-state index in [4.69, 9.17) is 16.7 Å². The zero-order valence-electron chi connectivity index (χ0n) is 22.7. The summed E-state index contributed by atoms with van der Waals surface area (Å²) in [7, 11) is 1.68. The van der Waals surface area contributed by atoms with E-state index in [1.807, 2.05) is 23.0 Å². The molecular formula is C29H33ClFN7O2. The van der Waals surface area contributed by atoms with E-state index in [0.717, 1.165) is 49.4 Å². The molecular weight excluding hydrogens is 533 g/mol. The molecule has 1 aliphatic heterocycles. The van der Waals surface area contributed by atoms with Crippen molar-refractivity contribution in [3.8, 4) is 0 Å². The van der Waals surface area contributed by atoms with E-state index in [0.29, 0.717) is 46.7 Å². The Labute approximate surface area is 237 Å². The van der Waals surface area contributed by atoms with Crippen LogP contribution in [0.4, 0.5) is 10.3 Å². The van der Waals surface area contributed by atoms with Crippen LogP contribution in [0.1, 0.15) is 59.4 Å². The highest BCUT2D eigenvalue weighted by Gasteiger charge is 2.26. The largest absolute Gasteiger partial charge is 0.396 e. The highest BCUT2D eigenvalue weighted by Crippen LogP contribution is 2.31. The summed E-state index contributed by atoms with van der Waals surface area (Å²) in [5.74, 6) is 0.162. The van der Waals surface area contributed by atoms with Crippen LogP contribution in [-0.2, 0) is 12.8 Å². The molecule has 11 heteroatoms. The number of piperidine rings is 1. The van der Waals surface area contributed by atoms with Gasteiger partial charge in [-0.05, 0) is 48.9 Å². The molecule has 1 amide bonds. The normalized spacial score (nSPS) is 14.2. The van der Waals surface area contributed by atoms with Crippen LogP contribution >= 0.6 is 11.6 Å². The lowest BCUT2D eigenvalue weighted by Gasteiger charge is -2.32. The molecule has 1 N–H and O–H groups in total. The molecule has 5 rings (SSSR count). The van der Waals surface area contributed by atoms with E-state index in [9.17, 15) is 4.79 Å². The molecule has 1 fully saturated rings. The van der Waals surface area contributed by atoms with Gasteiger partial charge in [-0.25, -0.2) is 24.3 Å². The zero-order valence-corrected chi connectivity index (χ0v) is 23.5. The second-order valence-electron chi connectivity index (χ2n) is 10.2. The molecule has 0 radical (unpaired) electrons. The Morgan fingerprint density at radius 2 is 1.90 bits per heavy atom. The Balaban J connectivity index is 1.32. The number of amides is 1. The summed E-state index contributed by atoms with van der Waals surface area (Å²) in [6.07, 6.45) is 10.1. The van der Waals surface area contributed by atoms with Gasteiger partial charge < -0.3 is 19.5 Å². The molecule has 0 spiro atoms. The van der Waals surface area contributed by atoms with Gasteiger partial charge in [-0.1, -0.05) is 24.6 Å². The summed E-state index contributed by atoms with van der Waals surface area (Å²) in [5.41, 5.74) is 3.45. The number of nitrogens with zero attached hydrogens (tertiary/aromatic N) is 7. The van der Waals surface area contributed by atoms with Crippen molar-refractivity contribution in [2.75, 3.05) is 38.2 Å². The van der Waals surface area contributed by atoms with Gasteiger partial charge >= 0.3 is 0 Å². The van der Waals surface area contributed by atoms with Gasteiger partial charge in [0, 0.05) is 64.3 Å². The van der Waals surface area contributed by atoms with Crippen LogP contribution in [0.5, 0.6) is 0 Å². The quantitative estimate of drug-likeness (QED) is 0.320. The Kier molecular flexibility index (Phi) is 8.56. The first-order valence-corrected chi connectivity index (χ1v) is 14.0. The lowest BCUT2D eigenvalue weighted by molar-refractivity contribution is 0.0786. The zero-order chi connectivity index (χ0) is 28.2. The van der Waals surface area contributed by atoms with Crippen molar-refractivity contribution in [1.82, 2.24) is 29.4 Å². The molecule has 9 nitrogen and oxygen atoms in total. The van der Waals surface area contributed by atoms with Gasteiger partial charge in [-0.2, -0.15) is 0 Å². The summed E-state index contributed by atoms with van der Waals surface area (Å²) >= 11 is 6.47. The van der Waals surface area contributed by atoms with E-state index >= 15 is 4.39 Å². The number of hydrogen-bond donors (Lipinski definition) is 1. The number of fused-ring (bicyclic) bond motifs is 1. The van der Waals surface area contributed by atoms with Gasteiger partial charge in [0.2, 0.25) is 5.95 Å². The number of aliphatic hydroxyl groups excluding tert-OH is 1. The molecule has 0 bridgehead atoms. The minimum absolute atomic E-state index is 0.0115. The smallest absolute Gasteiger partial charge is 0.255 e. The van der Waals surface area contributed by atoms with E-state index in [1.54, 1.807) is 19.2 Å². The predicted molar refractivity (Wildman–Crippen MR) is 152 cm³/mol. The predicted octanol–water partition coefficient (Wildman–Crippen LogP) is 4.46. The number of aryl methyl sites for hydroxylation is 1. The topological polar surface area (TPSA) is 100 Å². The van der Waals surface area contributed by atoms with E-state index < -0.39 is 0 Å². The fourth-order valence-corrected chi connectivity index (χ4v) is 5.48. The van der Waals surface area contributed by atoms with Gasteiger partial charge in [0.15, 0.2) is 5.82 Å². The van der Waals surface area contributed by atoms with Crippen molar-refractivity contribution < 1.29 is 14.3 Å². The van der Waals surface area contributed by atoms with Gasteiger partial charge in [-0.3, -0.25) is 4.79 Å². The van der Waals surface area contributed by atoms with Crippen molar-refractivity contribution in [2.24, 2.45) is 0 Å². The van der Waals surface area contributed by atoms with Crippen LogP contribution in [0.25, 0.3) is 11.0 Å². The average Bonchev–Trinajstić information content (AvgIpc) is 3.33. The highest BCUT2D eigenvalue weighted by molar-refractivity contribution is 6.33. The van der Waals surface area contributed by atoms with Crippen molar-refractivity contribution in [2.45, 2.75) is 45.1 Å². The summed E-state index contributed by atoms with van der Waals surface area (Å²) in [6.45, 7) is 4.07. The van der Waals surface area contributed by atoms with Gasteiger partial charge in [0.05, 0.1) is 21.7 Å². The minimum Gasteiger partial charge on any atom is -0.396 e. The number of rotatable bonds is 9. The standard InChI is InChI=1S/C29H33ClFN7O2/c1-3-19-15-32-29(33-16-19)37-10-7-21(8-11-37)38-17-24(31)26-25(34-18-35-27(26)38)14-20-5-6-22(23(30)13-20)28(40)36(2)9-4-12-39/h5-6,13,15-18,21,39H,3-4,7-12,14H2,1-2H3. The van der Waals surface area contributed by atoms with Crippen LogP contribution in [-0.4, -0.2) is 73.7 Å². The fourth-order valence-electron chi connectivity index (χ4n) is 5.20. The Morgan fingerprint density at radius 3 is 2.58 bits per heavy atom. The fraction of sp³-hybridized carbons (Fsp3) is 0.414. The lowest BCUT2D eigenvalue weighted by Crippen LogP contribution is -2.35. The maximum absolute atomic E-state index is 15.4. The number of halogens is 2. The summed E-state index contributed by atoms with van der Waals surface area (Å²) in [5, 5.41) is 9.76. The molecule has 0 saturated carbocycles. The first-order valence-electron chi connectivity index (χ1n) is 13.6. The third-order valence-corrected chi connectivity index (χ3v) is 7.83. The van der Waals surface area contributed by atoms with Crippen LogP contribution in [0.15, 0.2) is 43.1 Å². The number of carbonyl (C=O) groups is 1. The molecule has 3 aromatic heterocycles. The average molecular weight is 566 g/mol. The van der Waals surface area contributed by atoms with E-state index in [2.05, 4.69) is 31.8 Å². The SMILES string of the molecule is CCc1cnc(N2CCC(n3cc(F)c4c(Cc5ccc(C(=O)N(C)CCCO)c(Cl)c5)ncnc43)CC2)nc1. The Bertz CT molecular complexity index is 1490. The molecule has 0 atom stereocenters. The van der Waals surface area contributed by atoms with Crippen molar-refractivity contribution >= 4 is 34.5 Å². The van der Waals surface area contributed by atoms with Crippen LogP contribution < -0.4 is 4.90 Å². The summed E-state index contributed by atoms with van der Waals surface area (Å²) in [6, 6.07) is 5.32. The lowest BCUT2D eigenvalue weighted by atomic mass is 10.0. The van der Waals surface area contributed by atoms with E-state index in [1.165, 1.54) is 17.4 Å². The van der Waals surface area contributed by atoms with Crippen LogP contribution in [0.3, 0.4) is 0 Å². The second-order valence-corrected chi connectivity index (χ2v) is 10.6. The van der Waals surface area contributed by atoms with Gasteiger partial charge in [0.1, 0.15) is 12.0 Å². The number of carbonyl (C=O) groups excluding carboxylic acids is 1. The molecule has 1 saturated heterocycles. The maximum atomic E-state index is 15.4. The van der Waals surface area contributed by atoms with Crippen LogP contribution in [0, 0.1) is 5.82 Å². The first kappa shape index (κ1) is 27.9. The third kappa shape index (κ3) is 5.78. The molecule has 4 heterocycles. The molecule has 0 aliphatic carbocycles. The van der Waals surface area contributed by atoms with Gasteiger partial charge in [0.25, 0.3) is 5.91 Å². The Hall–Kier alpha value is -3.63. The number of anilines is 1. The number of aromatic nitrogens is 5. The molecule has 210 valence electrons. The second kappa shape index (κ2) is 12.3. The minimum atomic E-state index is -0.352. The van der Waals surface area contributed by atoms with Gasteiger partial charge in [-0.15, -0.1) is 0 Å². The molecule has 1 aliphatic rings. The van der Waals surface area contributed by atoms with E-state index in [-0.39, 0.29) is 24.4 Å². The molecule has 4 aromatic rings.